The van der Waals surface area contributed by atoms with E-state index in [0.717, 1.165) is 44.6 Å². The first-order valence-corrected chi connectivity index (χ1v) is 12.2. The average molecular weight is 448 g/mol. The van der Waals surface area contributed by atoms with E-state index in [1.54, 1.807) is 0 Å². The molecule has 1 spiro atoms. The van der Waals surface area contributed by atoms with Gasteiger partial charge in [-0.1, -0.05) is 67.8 Å². The molecule has 1 atom stereocenters. The molecule has 7 rings (SSSR count). The van der Waals surface area contributed by atoms with Gasteiger partial charge in [0, 0.05) is 39.9 Å². The standard InChI is InChI=1S/C30H25NO3/c32-29-23-12-6-7-13-24(23)30(34-29)25-17-15-21(31-20-9-2-1-3-10-20)18-27(25)33-28-22-11-5-4-8-19(22)14-16-26(28)30/h4-8,11-18,20,31H,1-3,9-10H2. The summed E-state index contributed by atoms with van der Waals surface area (Å²) in [5.74, 6) is 1.19. The molecule has 0 saturated heterocycles. The molecule has 2 heterocycles. The highest BCUT2D eigenvalue weighted by Crippen LogP contribution is 2.57. The highest BCUT2D eigenvalue weighted by Gasteiger charge is 2.53. The number of nitrogens with one attached hydrogen (secondary N) is 1. The molecule has 1 fully saturated rings. The summed E-state index contributed by atoms with van der Waals surface area (Å²) in [5, 5.41) is 5.81. The van der Waals surface area contributed by atoms with Gasteiger partial charge in [0.05, 0.1) is 5.56 Å². The van der Waals surface area contributed by atoms with Crippen molar-refractivity contribution in [2.45, 2.75) is 43.7 Å². The highest BCUT2D eigenvalue weighted by molar-refractivity contribution is 5.99. The molecule has 168 valence electrons. The lowest BCUT2D eigenvalue weighted by Gasteiger charge is -2.37. The Morgan fingerprint density at radius 2 is 1.59 bits per heavy atom. The van der Waals surface area contributed by atoms with E-state index in [0.29, 0.717) is 11.6 Å². The first-order chi connectivity index (χ1) is 16.7. The van der Waals surface area contributed by atoms with Gasteiger partial charge in [-0.15, -0.1) is 0 Å². The molecule has 2 aliphatic heterocycles. The molecule has 0 bridgehead atoms. The van der Waals surface area contributed by atoms with Crippen molar-refractivity contribution >= 4 is 22.4 Å². The van der Waals surface area contributed by atoms with Crippen LogP contribution in [-0.2, 0) is 10.3 Å². The van der Waals surface area contributed by atoms with Gasteiger partial charge in [-0.25, -0.2) is 4.79 Å². The minimum Gasteiger partial charge on any atom is -0.456 e. The van der Waals surface area contributed by atoms with Gasteiger partial charge in [-0.3, -0.25) is 0 Å². The zero-order valence-electron chi connectivity index (χ0n) is 18.8. The predicted molar refractivity (Wildman–Crippen MR) is 133 cm³/mol. The van der Waals surface area contributed by atoms with Crippen LogP contribution in [0.4, 0.5) is 5.69 Å². The van der Waals surface area contributed by atoms with Crippen LogP contribution in [0.25, 0.3) is 10.8 Å². The predicted octanol–water partition coefficient (Wildman–Crippen LogP) is 7.15. The highest BCUT2D eigenvalue weighted by atomic mass is 16.6. The third kappa shape index (κ3) is 2.75. The Hall–Kier alpha value is -3.79. The quantitative estimate of drug-likeness (QED) is 0.331. The van der Waals surface area contributed by atoms with Crippen molar-refractivity contribution in [1.82, 2.24) is 0 Å². The second-order valence-electron chi connectivity index (χ2n) is 9.57. The topological polar surface area (TPSA) is 47.6 Å². The van der Waals surface area contributed by atoms with E-state index < -0.39 is 5.60 Å². The lowest BCUT2D eigenvalue weighted by atomic mass is 9.77. The van der Waals surface area contributed by atoms with Gasteiger partial charge in [0.2, 0.25) is 0 Å². The van der Waals surface area contributed by atoms with E-state index in [1.165, 1.54) is 32.1 Å². The van der Waals surface area contributed by atoms with Crippen LogP contribution in [0.2, 0.25) is 0 Å². The molecule has 1 aliphatic carbocycles. The summed E-state index contributed by atoms with van der Waals surface area (Å²) in [6, 6.07) is 26.8. The average Bonchev–Trinajstić information content (AvgIpc) is 3.17. The van der Waals surface area contributed by atoms with Gasteiger partial charge in [-0.05, 0) is 42.5 Å². The fourth-order valence-corrected chi connectivity index (χ4v) is 5.97. The van der Waals surface area contributed by atoms with Crippen molar-refractivity contribution in [2.24, 2.45) is 0 Å². The van der Waals surface area contributed by atoms with Gasteiger partial charge >= 0.3 is 5.97 Å². The smallest absolute Gasteiger partial charge is 0.340 e. The number of anilines is 1. The maximum absolute atomic E-state index is 13.1. The minimum atomic E-state index is -1.02. The summed E-state index contributed by atoms with van der Waals surface area (Å²) in [6.07, 6.45) is 6.26. The molecule has 4 heteroatoms. The third-order valence-electron chi connectivity index (χ3n) is 7.58. The van der Waals surface area contributed by atoms with Crippen LogP contribution < -0.4 is 10.1 Å². The Kier molecular flexibility index (Phi) is 4.25. The number of benzene rings is 4. The molecule has 3 aliphatic rings. The maximum atomic E-state index is 13.1. The van der Waals surface area contributed by atoms with E-state index in [-0.39, 0.29) is 5.97 Å². The number of hydrogen-bond donors (Lipinski definition) is 1. The van der Waals surface area contributed by atoms with Crippen LogP contribution in [0.5, 0.6) is 11.5 Å². The molecular formula is C30H25NO3. The molecule has 4 aromatic carbocycles. The van der Waals surface area contributed by atoms with Crippen LogP contribution in [-0.4, -0.2) is 12.0 Å². The number of fused-ring (bicyclic) bond motifs is 8. The molecular weight excluding hydrogens is 422 g/mol. The summed E-state index contributed by atoms with van der Waals surface area (Å²) in [7, 11) is 0. The van der Waals surface area contributed by atoms with Gasteiger partial charge in [0.1, 0.15) is 11.5 Å². The number of carbonyl (C=O) groups is 1. The van der Waals surface area contributed by atoms with Crippen LogP contribution >= 0.6 is 0 Å². The molecule has 1 N–H and O–H groups in total. The summed E-state index contributed by atoms with van der Waals surface area (Å²) in [5.41, 5.74) is 3.23. The SMILES string of the molecule is O=C1OC2(c3ccc(NC4CCCCC4)cc3Oc3c2ccc2ccccc32)c2ccccc21. The fourth-order valence-electron chi connectivity index (χ4n) is 5.97. The minimum absolute atomic E-state index is 0.299. The zero-order chi connectivity index (χ0) is 22.7. The van der Waals surface area contributed by atoms with E-state index in [1.807, 2.05) is 42.5 Å². The molecule has 0 radical (unpaired) electrons. The molecule has 4 aromatic rings. The van der Waals surface area contributed by atoms with E-state index in [4.69, 9.17) is 9.47 Å². The molecule has 1 saturated carbocycles. The first kappa shape index (κ1) is 19.7. The van der Waals surface area contributed by atoms with Crippen molar-refractivity contribution in [3.8, 4) is 11.5 Å². The number of hydrogen-bond acceptors (Lipinski definition) is 4. The summed E-state index contributed by atoms with van der Waals surface area (Å²) in [4.78, 5) is 13.1. The van der Waals surface area contributed by atoms with Gasteiger partial charge in [0.25, 0.3) is 0 Å². The lowest BCUT2D eigenvalue weighted by Crippen LogP contribution is -2.33. The Morgan fingerprint density at radius 1 is 0.794 bits per heavy atom. The number of ether oxygens (including phenoxy) is 2. The van der Waals surface area contributed by atoms with Crippen LogP contribution in [0, 0.1) is 0 Å². The Balaban J connectivity index is 1.45. The molecule has 0 aromatic heterocycles. The number of rotatable bonds is 2. The number of carbonyl (C=O) groups excluding carboxylic acids is 1. The van der Waals surface area contributed by atoms with Crippen molar-refractivity contribution in [1.29, 1.82) is 0 Å². The van der Waals surface area contributed by atoms with E-state index >= 15 is 0 Å². The van der Waals surface area contributed by atoms with Crippen LogP contribution in [0.1, 0.15) is 59.2 Å². The van der Waals surface area contributed by atoms with Gasteiger partial charge in [0.15, 0.2) is 5.60 Å². The maximum Gasteiger partial charge on any atom is 0.340 e. The summed E-state index contributed by atoms with van der Waals surface area (Å²) in [6.45, 7) is 0. The third-order valence-corrected chi connectivity index (χ3v) is 7.58. The Morgan fingerprint density at radius 3 is 2.50 bits per heavy atom. The van der Waals surface area contributed by atoms with Crippen molar-refractivity contribution in [3.05, 3.63) is 101 Å². The van der Waals surface area contributed by atoms with E-state index in [9.17, 15) is 4.79 Å². The summed E-state index contributed by atoms with van der Waals surface area (Å²) < 4.78 is 12.9. The Labute approximate surface area is 198 Å². The monoisotopic (exact) mass is 447 g/mol. The Bertz CT molecular complexity index is 1450. The van der Waals surface area contributed by atoms with Crippen molar-refractivity contribution in [3.63, 3.8) is 0 Å². The lowest BCUT2D eigenvalue weighted by molar-refractivity contribution is 0.0225. The first-order valence-electron chi connectivity index (χ1n) is 12.2. The second kappa shape index (κ2) is 7.36. The second-order valence-corrected chi connectivity index (χ2v) is 9.57. The van der Waals surface area contributed by atoms with Crippen LogP contribution in [0.3, 0.4) is 0 Å². The largest absolute Gasteiger partial charge is 0.456 e. The molecule has 0 amide bonds. The van der Waals surface area contributed by atoms with Crippen molar-refractivity contribution < 1.29 is 14.3 Å². The van der Waals surface area contributed by atoms with Crippen molar-refractivity contribution in [2.75, 3.05) is 5.32 Å². The van der Waals surface area contributed by atoms with Gasteiger partial charge < -0.3 is 14.8 Å². The normalized spacial score (nSPS) is 20.9. The molecule has 1 unspecified atom stereocenters. The summed E-state index contributed by atoms with van der Waals surface area (Å²) >= 11 is 0. The number of esters is 1. The molecule has 4 nitrogen and oxygen atoms in total. The molecule has 34 heavy (non-hydrogen) atoms. The zero-order valence-corrected chi connectivity index (χ0v) is 18.8. The fraction of sp³-hybridized carbons (Fsp3) is 0.233. The van der Waals surface area contributed by atoms with E-state index in [2.05, 4.69) is 41.7 Å². The van der Waals surface area contributed by atoms with Crippen LogP contribution in [0.15, 0.2) is 78.9 Å². The van der Waals surface area contributed by atoms with Gasteiger partial charge in [-0.2, -0.15) is 0 Å².